The highest BCUT2D eigenvalue weighted by atomic mass is 15.3. The van der Waals surface area contributed by atoms with E-state index in [1.54, 1.807) is 0 Å². The van der Waals surface area contributed by atoms with Gasteiger partial charge in [-0.3, -0.25) is 4.90 Å². The first-order valence-electron chi connectivity index (χ1n) is 8.64. The Bertz CT molecular complexity index is 638. The molecule has 1 saturated heterocycles. The number of piperazine rings is 1. The molecule has 2 fully saturated rings. The van der Waals surface area contributed by atoms with Crippen LogP contribution in [0.5, 0.6) is 0 Å². The second-order valence-corrected chi connectivity index (χ2v) is 6.84. The number of aromatic nitrogens is 2. The summed E-state index contributed by atoms with van der Waals surface area (Å²) in [4.78, 5) is 4.88. The summed E-state index contributed by atoms with van der Waals surface area (Å²) in [6, 6.07) is 13.2. The molecular formula is C19H24N4. The molecule has 1 saturated carbocycles. The van der Waals surface area contributed by atoms with E-state index >= 15 is 0 Å². The Morgan fingerprint density at radius 2 is 1.65 bits per heavy atom. The molecule has 0 radical (unpaired) electrons. The first-order valence-corrected chi connectivity index (χ1v) is 8.64. The lowest BCUT2D eigenvalue weighted by molar-refractivity contribution is 0.249. The van der Waals surface area contributed by atoms with E-state index in [1.165, 1.54) is 29.7 Å². The van der Waals surface area contributed by atoms with Gasteiger partial charge < -0.3 is 4.90 Å². The maximum atomic E-state index is 4.44. The van der Waals surface area contributed by atoms with Crippen molar-refractivity contribution in [1.29, 1.82) is 0 Å². The van der Waals surface area contributed by atoms with Crippen LogP contribution in [0.4, 0.5) is 5.82 Å². The fraction of sp³-hybridized carbons (Fsp3) is 0.474. The van der Waals surface area contributed by atoms with Gasteiger partial charge in [-0.1, -0.05) is 29.8 Å². The maximum Gasteiger partial charge on any atom is 0.151 e. The Hall–Kier alpha value is -1.94. The fourth-order valence-electron chi connectivity index (χ4n) is 3.19. The molecule has 0 N–H and O–H groups in total. The highest BCUT2D eigenvalue weighted by molar-refractivity contribution is 5.38. The van der Waals surface area contributed by atoms with E-state index in [0.29, 0.717) is 5.92 Å². The molecule has 1 aliphatic heterocycles. The standard InChI is InChI=1S/C19H24N4/c1-15-2-4-16(5-3-15)14-22-10-12-23(13-11-22)19-9-8-18(20-21-19)17-6-7-17/h2-5,8-9,17H,6-7,10-14H2,1H3. The number of hydrogen-bond donors (Lipinski definition) is 0. The van der Waals surface area contributed by atoms with E-state index in [1.807, 2.05) is 0 Å². The van der Waals surface area contributed by atoms with Crippen molar-refractivity contribution in [3.05, 3.63) is 53.2 Å². The van der Waals surface area contributed by atoms with Gasteiger partial charge in [0.15, 0.2) is 5.82 Å². The normalized spacial score (nSPS) is 19.1. The molecule has 0 atom stereocenters. The monoisotopic (exact) mass is 308 g/mol. The van der Waals surface area contributed by atoms with Gasteiger partial charge >= 0.3 is 0 Å². The van der Waals surface area contributed by atoms with Crippen molar-refractivity contribution in [2.45, 2.75) is 32.2 Å². The first-order chi connectivity index (χ1) is 11.3. The van der Waals surface area contributed by atoms with Crippen molar-refractivity contribution >= 4 is 5.82 Å². The molecule has 2 aliphatic rings. The van der Waals surface area contributed by atoms with Crippen molar-refractivity contribution in [1.82, 2.24) is 15.1 Å². The molecule has 0 bridgehead atoms. The largest absolute Gasteiger partial charge is 0.353 e. The summed E-state index contributed by atoms with van der Waals surface area (Å²) < 4.78 is 0. The third-order valence-electron chi connectivity index (χ3n) is 4.89. The molecule has 0 amide bonds. The Morgan fingerprint density at radius 3 is 2.26 bits per heavy atom. The second-order valence-electron chi connectivity index (χ2n) is 6.84. The van der Waals surface area contributed by atoms with Crippen LogP contribution in [0.25, 0.3) is 0 Å². The van der Waals surface area contributed by atoms with Crippen LogP contribution < -0.4 is 4.90 Å². The molecule has 1 aromatic carbocycles. The predicted octanol–water partition coefficient (Wildman–Crippen LogP) is 2.98. The summed E-state index contributed by atoms with van der Waals surface area (Å²) in [5.41, 5.74) is 3.90. The van der Waals surface area contributed by atoms with Gasteiger partial charge in [0.2, 0.25) is 0 Å². The Balaban J connectivity index is 1.32. The predicted molar refractivity (Wildman–Crippen MR) is 92.7 cm³/mol. The summed E-state index contributed by atoms with van der Waals surface area (Å²) in [5, 5.41) is 8.85. The number of benzene rings is 1. The van der Waals surface area contributed by atoms with Gasteiger partial charge in [0, 0.05) is 38.6 Å². The van der Waals surface area contributed by atoms with Crippen molar-refractivity contribution in [3.63, 3.8) is 0 Å². The lowest BCUT2D eigenvalue weighted by Crippen LogP contribution is -2.46. The third-order valence-corrected chi connectivity index (χ3v) is 4.89. The average Bonchev–Trinajstić information content (AvgIpc) is 3.43. The molecule has 4 rings (SSSR count). The van der Waals surface area contributed by atoms with E-state index in [4.69, 9.17) is 0 Å². The minimum absolute atomic E-state index is 0.683. The summed E-state index contributed by atoms with van der Waals surface area (Å²) in [6.45, 7) is 7.41. The van der Waals surface area contributed by atoms with Gasteiger partial charge in [0.05, 0.1) is 5.69 Å². The van der Waals surface area contributed by atoms with Crippen molar-refractivity contribution in [2.24, 2.45) is 0 Å². The molecule has 1 aromatic heterocycles. The highest BCUT2D eigenvalue weighted by Gasteiger charge is 2.26. The smallest absolute Gasteiger partial charge is 0.151 e. The molecule has 1 aliphatic carbocycles. The van der Waals surface area contributed by atoms with Crippen LogP contribution in [0.3, 0.4) is 0 Å². The Labute approximate surface area is 138 Å². The fourth-order valence-corrected chi connectivity index (χ4v) is 3.19. The molecule has 23 heavy (non-hydrogen) atoms. The van der Waals surface area contributed by atoms with Crippen LogP contribution in [0.1, 0.15) is 35.6 Å². The van der Waals surface area contributed by atoms with Gasteiger partial charge in [-0.15, -0.1) is 5.10 Å². The van der Waals surface area contributed by atoms with E-state index in [9.17, 15) is 0 Å². The molecule has 0 unspecified atom stereocenters. The topological polar surface area (TPSA) is 32.3 Å². The summed E-state index contributed by atoms with van der Waals surface area (Å²) in [7, 11) is 0. The van der Waals surface area contributed by atoms with Crippen molar-refractivity contribution < 1.29 is 0 Å². The van der Waals surface area contributed by atoms with E-state index < -0.39 is 0 Å². The summed E-state index contributed by atoms with van der Waals surface area (Å²) in [6.07, 6.45) is 2.57. The molecule has 4 nitrogen and oxygen atoms in total. The van der Waals surface area contributed by atoms with Gasteiger partial charge in [-0.05, 0) is 37.5 Å². The second kappa shape index (κ2) is 6.28. The summed E-state index contributed by atoms with van der Waals surface area (Å²) in [5.74, 6) is 1.72. The number of nitrogens with zero attached hydrogens (tertiary/aromatic N) is 4. The lowest BCUT2D eigenvalue weighted by Gasteiger charge is -2.35. The SMILES string of the molecule is Cc1ccc(CN2CCN(c3ccc(C4CC4)nn3)CC2)cc1. The average molecular weight is 308 g/mol. The highest BCUT2D eigenvalue weighted by Crippen LogP contribution is 2.38. The molecule has 120 valence electrons. The third kappa shape index (κ3) is 3.53. The molecule has 2 aromatic rings. The first kappa shape index (κ1) is 14.6. The van der Waals surface area contributed by atoms with Crippen LogP contribution in [0.15, 0.2) is 36.4 Å². The van der Waals surface area contributed by atoms with Crippen LogP contribution in [0, 0.1) is 6.92 Å². The molecular weight excluding hydrogens is 284 g/mol. The Kier molecular flexibility index (Phi) is 4.00. The minimum Gasteiger partial charge on any atom is -0.353 e. The zero-order valence-corrected chi connectivity index (χ0v) is 13.8. The number of aryl methyl sites for hydroxylation is 1. The van der Waals surface area contributed by atoms with E-state index in [2.05, 4.69) is 63.3 Å². The Morgan fingerprint density at radius 1 is 0.913 bits per heavy atom. The van der Waals surface area contributed by atoms with Crippen molar-refractivity contribution in [3.8, 4) is 0 Å². The van der Waals surface area contributed by atoms with Crippen LogP contribution in [-0.4, -0.2) is 41.3 Å². The maximum absolute atomic E-state index is 4.44. The molecule has 0 spiro atoms. The van der Waals surface area contributed by atoms with E-state index in [0.717, 1.165) is 38.5 Å². The quantitative estimate of drug-likeness (QED) is 0.869. The minimum atomic E-state index is 0.683. The van der Waals surface area contributed by atoms with Gasteiger partial charge in [-0.25, -0.2) is 0 Å². The molecule has 4 heteroatoms. The zero-order chi connectivity index (χ0) is 15.6. The number of rotatable bonds is 4. The summed E-state index contributed by atoms with van der Waals surface area (Å²) >= 11 is 0. The lowest BCUT2D eigenvalue weighted by atomic mass is 10.1. The van der Waals surface area contributed by atoms with Crippen LogP contribution in [0.2, 0.25) is 0 Å². The molecule has 2 heterocycles. The number of hydrogen-bond acceptors (Lipinski definition) is 4. The number of anilines is 1. The van der Waals surface area contributed by atoms with E-state index in [-0.39, 0.29) is 0 Å². The van der Waals surface area contributed by atoms with Gasteiger partial charge in [-0.2, -0.15) is 5.10 Å². The van der Waals surface area contributed by atoms with Crippen molar-refractivity contribution in [2.75, 3.05) is 31.1 Å². The van der Waals surface area contributed by atoms with Crippen LogP contribution in [-0.2, 0) is 6.54 Å². The zero-order valence-electron chi connectivity index (χ0n) is 13.8. The van der Waals surface area contributed by atoms with Crippen LogP contribution >= 0.6 is 0 Å². The van der Waals surface area contributed by atoms with Gasteiger partial charge in [0.25, 0.3) is 0 Å². The van der Waals surface area contributed by atoms with Gasteiger partial charge in [0.1, 0.15) is 0 Å².